The first-order valence-electron chi connectivity index (χ1n) is 8.40. The SMILES string of the molecule is Cc1cccc(C)c1NC(=O)C(c1ccc(Cl)cc1Cl)N(C)C(=O)C(C)O. The van der Waals surface area contributed by atoms with Crippen molar-refractivity contribution in [3.63, 3.8) is 0 Å². The Balaban J connectivity index is 2.48. The van der Waals surface area contributed by atoms with Crippen LogP contribution in [0.15, 0.2) is 36.4 Å². The number of aliphatic hydroxyl groups excluding tert-OH is 1. The Bertz CT molecular complexity index is 848. The number of rotatable bonds is 5. The Morgan fingerprint density at radius 1 is 1.11 bits per heavy atom. The second kappa shape index (κ2) is 8.74. The lowest BCUT2D eigenvalue weighted by Gasteiger charge is -2.29. The maximum Gasteiger partial charge on any atom is 0.251 e. The molecule has 0 heterocycles. The van der Waals surface area contributed by atoms with Gasteiger partial charge in [0, 0.05) is 28.3 Å². The summed E-state index contributed by atoms with van der Waals surface area (Å²) in [7, 11) is 1.45. The van der Waals surface area contributed by atoms with Crippen molar-refractivity contribution in [2.45, 2.75) is 32.9 Å². The lowest BCUT2D eigenvalue weighted by molar-refractivity contribution is -0.143. The molecule has 0 aliphatic heterocycles. The first-order valence-corrected chi connectivity index (χ1v) is 9.15. The van der Waals surface area contributed by atoms with E-state index >= 15 is 0 Å². The highest BCUT2D eigenvalue weighted by Gasteiger charge is 2.32. The molecule has 0 saturated carbocycles. The lowest BCUT2D eigenvalue weighted by Crippen LogP contribution is -2.42. The van der Waals surface area contributed by atoms with Crippen LogP contribution in [0.2, 0.25) is 10.0 Å². The summed E-state index contributed by atoms with van der Waals surface area (Å²) in [5, 5.41) is 13.2. The third kappa shape index (κ3) is 4.80. The van der Waals surface area contributed by atoms with Crippen molar-refractivity contribution in [3.8, 4) is 0 Å². The average Bonchev–Trinajstić information content (AvgIpc) is 2.59. The van der Waals surface area contributed by atoms with E-state index < -0.39 is 24.0 Å². The molecule has 0 aliphatic rings. The van der Waals surface area contributed by atoms with Gasteiger partial charge < -0.3 is 15.3 Å². The highest BCUT2D eigenvalue weighted by Crippen LogP contribution is 2.31. The third-order valence-corrected chi connectivity index (χ3v) is 4.89. The van der Waals surface area contributed by atoms with Gasteiger partial charge in [-0.25, -0.2) is 0 Å². The van der Waals surface area contributed by atoms with Gasteiger partial charge in [-0.1, -0.05) is 47.5 Å². The van der Waals surface area contributed by atoms with E-state index in [9.17, 15) is 14.7 Å². The summed E-state index contributed by atoms with van der Waals surface area (Å²) >= 11 is 12.3. The summed E-state index contributed by atoms with van der Waals surface area (Å²) in [5.41, 5.74) is 2.89. The highest BCUT2D eigenvalue weighted by molar-refractivity contribution is 6.35. The van der Waals surface area contributed by atoms with Crippen molar-refractivity contribution in [2.75, 3.05) is 12.4 Å². The second-order valence-electron chi connectivity index (χ2n) is 6.45. The molecule has 0 bridgehead atoms. The Kier molecular flexibility index (Phi) is 6.87. The van der Waals surface area contributed by atoms with Gasteiger partial charge >= 0.3 is 0 Å². The van der Waals surface area contributed by atoms with Gasteiger partial charge in [0.2, 0.25) is 0 Å². The van der Waals surface area contributed by atoms with Gasteiger partial charge in [0.05, 0.1) is 0 Å². The second-order valence-corrected chi connectivity index (χ2v) is 7.29. The number of nitrogens with zero attached hydrogens (tertiary/aromatic N) is 1. The minimum Gasteiger partial charge on any atom is -0.384 e. The summed E-state index contributed by atoms with van der Waals surface area (Å²) in [6, 6.07) is 9.36. The fourth-order valence-corrected chi connectivity index (χ4v) is 3.39. The minimum absolute atomic E-state index is 0.259. The molecular weight excluding hydrogens is 387 g/mol. The summed E-state index contributed by atoms with van der Waals surface area (Å²) in [6.07, 6.45) is -1.25. The number of nitrogens with one attached hydrogen (secondary N) is 1. The maximum absolute atomic E-state index is 13.1. The number of amides is 2. The van der Waals surface area contributed by atoms with E-state index in [0.717, 1.165) is 11.1 Å². The molecule has 0 radical (unpaired) electrons. The lowest BCUT2D eigenvalue weighted by atomic mass is 10.0. The molecule has 0 aromatic heterocycles. The van der Waals surface area contributed by atoms with Gasteiger partial charge in [0.1, 0.15) is 12.1 Å². The van der Waals surface area contributed by atoms with Crippen molar-refractivity contribution < 1.29 is 14.7 Å². The van der Waals surface area contributed by atoms with E-state index in [-0.39, 0.29) is 5.02 Å². The molecule has 144 valence electrons. The van der Waals surface area contributed by atoms with Gasteiger partial charge in [0.15, 0.2) is 0 Å². The van der Waals surface area contributed by atoms with E-state index in [2.05, 4.69) is 5.32 Å². The fraction of sp³-hybridized carbons (Fsp3) is 0.300. The van der Waals surface area contributed by atoms with E-state index in [1.165, 1.54) is 24.9 Å². The molecule has 2 N–H and O–H groups in total. The van der Waals surface area contributed by atoms with Crippen LogP contribution in [0.4, 0.5) is 5.69 Å². The Hall–Kier alpha value is -2.08. The summed E-state index contributed by atoms with van der Waals surface area (Å²) in [6.45, 7) is 5.12. The van der Waals surface area contributed by atoms with Crippen molar-refractivity contribution in [2.24, 2.45) is 0 Å². The van der Waals surface area contributed by atoms with E-state index in [0.29, 0.717) is 16.3 Å². The molecule has 0 fully saturated rings. The average molecular weight is 409 g/mol. The van der Waals surface area contributed by atoms with Crippen molar-refractivity contribution in [1.29, 1.82) is 0 Å². The number of aliphatic hydroxyl groups is 1. The first-order chi connectivity index (χ1) is 12.6. The van der Waals surface area contributed by atoms with Crippen LogP contribution in [-0.4, -0.2) is 35.0 Å². The van der Waals surface area contributed by atoms with Crippen LogP contribution >= 0.6 is 23.2 Å². The van der Waals surface area contributed by atoms with Gasteiger partial charge in [-0.15, -0.1) is 0 Å². The standard InChI is InChI=1S/C20H22Cl2N2O3/c1-11-6-5-7-12(2)17(11)23-19(26)18(24(4)20(27)13(3)25)15-9-8-14(21)10-16(15)22/h5-10,13,18,25H,1-4H3,(H,23,26). The van der Waals surface area contributed by atoms with E-state index in [1.807, 2.05) is 32.0 Å². The Morgan fingerprint density at radius 2 is 1.70 bits per heavy atom. The van der Waals surface area contributed by atoms with Crippen molar-refractivity contribution in [1.82, 2.24) is 4.90 Å². The number of carbonyl (C=O) groups excluding carboxylic acids is 2. The monoisotopic (exact) mass is 408 g/mol. The topological polar surface area (TPSA) is 69.6 Å². The normalized spacial score (nSPS) is 13.0. The van der Waals surface area contributed by atoms with Crippen molar-refractivity contribution in [3.05, 3.63) is 63.1 Å². The number of hydrogen-bond acceptors (Lipinski definition) is 3. The van der Waals surface area contributed by atoms with E-state index in [1.54, 1.807) is 12.1 Å². The van der Waals surface area contributed by atoms with Crippen LogP contribution in [0.3, 0.4) is 0 Å². The molecule has 0 aliphatic carbocycles. The molecule has 2 rings (SSSR count). The summed E-state index contributed by atoms with van der Waals surface area (Å²) < 4.78 is 0. The zero-order valence-electron chi connectivity index (χ0n) is 15.6. The largest absolute Gasteiger partial charge is 0.384 e. The molecule has 7 heteroatoms. The Morgan fingerprint density at radius 3 is 2.22 bits per heavy atom. The zero-order chi connectivity index (χ0) is 20.3. The van der Waals surface area contributed by atoms with Gasteiger partial charge in [0.25, 0.3) is 11.8 Å². The number of likely N-dealkylation sites (N-methyl/N-ethyl adjacent to an activating group) is 1. The predicted octanol–water partition coefficient (Wildman–Crippen LogP) is 4.13. The molecule has 0 spiro atoms. The van der Waals surface area contributed by atoms with E-state index in [4.69, 9.17) is 23.2 Å². The quantitative estimate of drug-likeness (QED) is 0.780. The van der Waals surface area contributed by atoms with Gasteiger partial charge in [-0.2, -0.15) is 0 Å². The number of anilines is 1. The van der Waals surface area contributed by atoms with Crippen LogP contribution in [0.1, 0.15) is 29.7 Å². The minimum atomic E-state index is -1.25. The number of hydrogen-bond donors (Lipinski definition) is 2. The van der Waals surface area contributed by atoms with Gasteiger partial charge in [-0.3, -0.25) is 9.59 Å². The third-order valence-electron chi connectivity index (χ3n) is 4.33. The maximum atomic E-state index is 13.1. The Labute approximate surface area is 168 Å². The van der Waals surface area contributed by atoms with Crippen LogP contribution in [0.25, 0.3) is 0 Å². The molecule has 2 aromatic carbocycles. The van der Waals surface area contributed by atoms with Crippen LogP contribution < -0.4 is 5.32 Å². The van der Waals surface area contributed by atoms with Crippen LogP contribution in [0.5, 0.6) is 0 Å². The molecule has 27 heavy (non-hydrogen) atoms. The van der Waals surface area contributed by atoms with Crippen LogP contribution in [-0.2, 0) is 9.59 Å². The molecule has 2 unspecified atom stereocenters. The molecular formula is C20H22Cl2N2O3. The molecule has 2 aromatic rings. The number of aryl methyl sites for hydroxylation is 2. The van der Waals surface area contributed by atoms with Crippen LogP contribution in [0, 0.1) is 13.8 Å². The number of benzene rings is 2. The number of para-hydroxylation sites is 1. The smallest absolute Gasteiger partial charge is 0.251 e. The number of halogens is 2. The molecule has 2 amide bonds. The molecule has 5 nitrogen and oxygen atoms in total. The summed E-state index contributed by atoms with van der Waals surface area (Å²) in [4.78, 5) is 26.7. The van der Waals surface area contributed by atoms with Crippen molar-refractivity contribution >= 4 is 40.7 Å². The zero-order valence-corrected chi connectivity index (χ0v) is 17.1. The molecule has 2 atom stereocenters. The first kappa shape index (κ1) is 21.2. The fourth-order valence-electron chi connectivity index (χ4n) is 2.87. The number of carbonyl (C=O) groups is 2. The molecule has 0 saturated heterocycles. The highest BCUT2D eigenvalue weighted by atomic mass is 35.5. The summed E-state index contributed by atoms with van der Waals surface area (Å²) in [5.74, 6) is -1.03. The predicted molar refractivity (Wildman–Crippen MR) is 108 cm³/mol. The van der Waals surface area contributed by atoms with Gasteiger partial charge in [-0.05, 0) is 44.0 Å².